The van der Waals surface area contributed by atoms with Crippen LogP contribution >= 0.6 is 0 Å². The molecule has 19 heavy (non-hydrogen) atoms. The topological polar surface area (TPSA) is 44.5 Å². The largest absolute Gasteiger partial charge is 0.490 e. The Bertz CT molecular complexity index is 379. The molecule has 0 aliphatic heterocycles. The van der Waals surface area contributed by atoms with E-state index in [-0.39, 0.29) is 6.04 Å². The van der Waals surface area contributed by atoms with Gasteiger partial charge in [-0.15, -0.1) is 0 Å². The van der Waals surface area contributed by atoms with E-state index < -0.39 is 0 Å². The van der Waals surface area contributed by atoms with Crippen molar-refractivity contribution >= 4 is 0 Å². The van der Waals surface area contributed by atoms with E-state index in [0.29, 0.717) is 19.1 Å². The van der Waals surface area contributed by atoms with Gasteiger partial charge in [-0.1, -0.05) is 26.3 Å². The van der Waals surface area contributed by atoms with Gasteiger partial charge in [0.1, 0.15) is 0 Å². The van der Waals surface area contributed by atoms with Crippen molar-refractivity contribution in [3.05, 3.63) is 23.8 Å². The van der Waals surface area contributed by atoms with Gasteiger partial charge in [0.25, 0.3) is 0 Å². The molecule has 2 N–H and O–H groups in total. The molecule has 0 aliphatic carbocycles. The van der Waals surface area contributed by atoms with Crippen LogP contribution in [0.5, 0.6) is 11.5 Å². The maximum absolute atomic E-state index is 6.26. The molecule has 0 bridgehead atoms. The second-order valence-corrected chi connectivity index (χ2v) is 4.93. The van der Waals surface area contributed by atoms with Crippen molar-refractivity contribution in [1.82, 2.24) is 0 Å². The van der Waals surface area contributed by atoms with E-state index in [4.69, 9.17) is 15.2 Å². The molecule has 1 aromatic carbocycles. The Morgan fingerprint density at radius 1 is 1.05 bits per heavy atom. The molecule has 2 atom stereocenters. The number of nitrogens with two attached hydrogens (primary N) is 1. The van der Waals surface area contributed by atoms with Crippen molar-refractivity contribution in [2.75, 3.05) is 13.2 Å². The zero-order valence-electron chi connectivity index (χ0n) is 12.6. The first-order valence-corrected chi connectivity index (χ1v) is 7.27. The van der Waals surface area contributed by atoms with Gasteiger partial charge in [0.05, 0.1) is 13.2 Å². The average molecular weight is 265 g/mol. The molecule has 0 radical (unpaired) electrons. The standard InChI is InChI=1S/C16H27NO2/c1-5-12(4)10-14(17)13-8-9-15(18-6-2)16(11-13)19-7-3/h8-9,11-12,14H,5-7,10,17H2,1-4H3. The summed E-state index contributed by atoms with van der Waals surface area (Å²) in [6.07, 6.45) is 2.15. The lowest BCUT2D eigenvalue weighted by atomic mass is 9.95. The van der Waals surface area contributed by atoms with Crippen LogP contribution < -0.4 is 15.2 Å². The van der Waals surface area contributed by atoms with Crippen LogP contribution in [-0.4, -0.2) is 13.2 Å². The first-order chi connectivity index (χ1) is 9.12. The Kier molecular flexibility index (Phi) is 6.71. The number of benzene rings is 1. The maximum atomic E-state index is 6.26. The highest BCUT2D eigenvalue weighted by atomic mass is 16.5. The first-order valence-electron chi connectivity index (χ1n) is 7.27. The van der Waals surface area contributed by atoms with Crippen molar-refractivity contribution in [2.45, 2.75) is 46.6 Å². The van der Waals surface area contributed by atoms with Crippen LogP contribution in [0, 0.1) is 5.92 Å². The monoisotopic (exact) mass is 265 g/mol. The van der Waals surface area contributed by atoms with Gasteiger partial charge in [0.15, 0.2) is 11.5 Å². The summed E-state index contributed by atoms with van der Waals surface area (Å²) in [6, 6.07) is 6.08. The molecule has 2 unspecified atom stereocenters. The van der Waals surface area contributed by atoms with Crippen molar-refractivity contribution < 1.29 is 9.47 Å². The molecular weight excluding hydrogens is 238 g/mol. The van der Waals surface area contributed by atoms with Gasteiger partial charge in [0.2, 0.25) is 0 Å². The summed E-state index contributed by atoms with van der Waals surface area (Å²) in [4.78, 5) is 0. The highest BCUT2D eigenvalue weighted by Gasteiger charge is 2.13. The van der Waals surface area contributed by atoms with Crippen LogP contribution in [0.15, 0.2) is 18.2 Å². The minimum atomic E-state index is 0.0600. The van der Waals surface area contributed by atoms with Gasteiger partial charge in [-0.25, -0.2) is 0 Å². The normalized spacial score (nSPS) is 13.9. The lowest BCUT2D eigenvalue weighted by Crippen LogP contribution is -2.14. The molecule has 1 rings (SSSR count). The van der Waals surface area contributed by atoms with Gasteiger partial charge in [-0.2, -0.15) is 0 Å². The van der Waals surface area contributed by atoms with E-state index in [1.54, 1.807) is 0 Å². The molecule has 3 heteroatoms. The van der Waals surface area contributed by atoms with E-state index >= 15 is 0 Å². The van der Waals surface area contributed by atoms with Gasteiger partial charge >= 0.3 is 0 Å². The molecule has 0 saturated carbocycles. The fourth-order valence-corrected chi connectivity index (χ4v) is 2.03. The van der Waals surface area contributed by atoms with Crippen molar-refractivity contribution in [2.24, 2.45) is 11.7 Å². The number of rotatable bonds is 8. The maximum Gasteiger partial charge on any atom is 0.161 e. The minimum absolute atomic E-state index is 0.0600. The third-order valence-electron chi connectivity index (χ3n) is 3.35. The molecule has 108 valence electrons. The van der Waals surface area contributed by atoms with Crippen LogP contribution in [-0.2, 0) is 0 Å². The highest BCUT2D eigenvalue weighted by molar-refractivity contribution is 5.43. The molecule has 0 amide bonds. The van der Waals surface area contributed by atoms with Gasteiger partial charge in [-0.05, 0) is 43.9 Å². The van der Waals surface area contributed by atoms with Gasteiger partial charge in [-0.3, -0.25) is 0 Å². The Morgan fingerprint density at radius 3 is 2.26 bits per heavy atom. The molecule has 0 aliphatic rings. The molecule has 0 aromatic heterocycles. The van der Waals surface area contributed by atoms with Crippen LogP contribution in [0.3, 0.4) is 0 Å². The minimum Gasteiger partial charge on any atom is -0.490 e. The van der Waals surface area contributed by atoms with Crippen LogP contribution in [0.4, 0.5) is 0 Å². The van der Waals surface area contributed by atoms with E-state index in [9.17, 15) is 0 Å². The fraction of sp³-hybridized carbons (Fsp3) is 0.625. The highest BCUT2D eigenvalue weighted by Crippen LogP contribution is 2.32. The average Bonchev–Trinajstić information content (AvgIpc) is 2.41. The Morgan fingerprint density at radius 2 is 1.68 bits per heavy atom. The summed E-state index contributed by atoms with van der Waals surface area (Å²) < 4.78 is 11.2. The predicted molar refractivity (Wildman–Crippen MR) is 79.8 cm³/mol. The van der Waals surface area contributed by atoms with E-state index in [1.807, 2.05) is 32.0 Å². The Balaban J connectivity index is 2.87. The van der Waals surface area contributed by atoms with Crippen LogP contribution in [0.2, 0.25) is 0 Å². The molecule has 0 heterocycles. The molecule has 3 nitrogen and oxygen atoms in total. The predicted octanol–water partition coefficient (Wildman–Crippen LogP) is 3.92. The zero-order chi connectivity index (χ0) is 14.3. The molecule has 0 saturated heterocycles. The summed E-state index contributed by atoms with van der Waals surface area (Å²) in [6.45, 7) is 9.64. The smallest absolute Gasteiger partial charge is 0.161 e. The summed E-state index contributed by atoms with van der Waals surface area (Å²) in [5.41, 5.74) is 7.38. The van der Waals surface area contributed by atoms with Gasteiger partial charge in [0, 0.05) is 6.04 Å². The lowest BCUT2D eigenvalue weighted by Gasteiger charge is -2.18. The third-order valence-corrected chi connectivity index (χ3v) is 3.35. The van der Waals surface area contributed by atoms with E-state index in [2.05, 4.69) is 13.8 Å². The van der Waals surface area contributed by atoms with E-state index in [1.165, 1.54) is 0 Å². The zero-order valence-corrected chi connectivity index (χ0v) is 12.6. The van der Waals surface area contributed by atoms with Crippen LogP contribution in [0.1, 0.15) is 52.1 Å². The Labute approximate surface area is 117 Å². The first kappa shape index (κ1) is 15.8. The van der Waals surface area contributed by atoms with E-state index in [0.717, 1.165) is 29.9 Å². The van der Waals surface area contributed by atoms with Gasteiger partial charge < -0.3 is 15.2 Å². The second kappa shape index (κ2) is 8.05. The van der Waals surface area contributed by atoms with Crippen molar-refractivity contribution in [1.29, 1.82) is 0 Å². The van der Waals surface area contributed by atoms with Crippen molar-refractivity contribution in [3.63, 3.8) is 0 Å². The summed E-state index contributed by atoms with van der Waals surface area (Å²) in [7, 11) is 0. The SMILES string of the molecule is CCOc1ccc(C(N)CC(C)CC)cc1OCC. The molecular formula is C16H27NO2. The summed E-state index contributed by atoms with van der Waals surface area (Å²) in [5, 5.41) is 0. The fourth-order valence-electron chi connectivity index (χ4n) is 2.03. The Hall–Kier alpha value is -1.22. The number of hydrogen-bond donors (Lipinski definition) is 1. The number of ether oxygens (including phenoxy) is 2. The lowest BCUT2D eigenvalue weighted by molar-refractivity contribution is 0.287. The molecule has 1 aromatic rings. The molecule has 0 fully saturated rings. The summed E-state index contributed by atoms with van der Waals surface area (Å²) in [5.74, 6) is 2.22. The quantitative estimate of drug-likeness (QED) is 0.774. The second-order valence-electron chi connectivity index (χ2n) is 4.93. The molecule has 0 spiro atoms. The van der Waals surface area contributed by atoms with Crippen LogP contribution in [0.25, 0.3) is 0 Å². The number of hydrogen-bond acceptors (Lipinski definition) is 3. The third kappa shape index (κ3) is 4.75. The van der Waals surface area contributed by atoms with Crippen molar-refractivity contribution in [3.8, 4) is 11.5 Å². The summed E-state index contributed by atoms with van der Waals surface area (Å²) >= 11 is 0.